The number of benzene rings is 2. The number of carbonyl (C=O) groups is 1. The van der Waals surface area contributed by atoms with Crippen molar-refractivity contribution in [3.8, 4) is 0 Å². The highest BCUT2D eigenvalue weighted by molar-refractivity contribution is 5.92. The summed E-state index contributed by atoms with van der Waals surface area (Å²) in [6.07, 6.45) is 3.51. The molecule has 2 aliphatic heterocycles. The van der Waals surface area contributed by atoms with Gasteiger partial charge in [-0.15, -0.1) is 5.10 Å². The average Bonchev–Trinajstić information content (AvgIpc) is 3.76. The first-order valence-electron chi connectivity index (χ1n) is 14.9. The first-order valence-corrected chi connectivity index (χ1v) is 14.9. The van der Waals surface area contributed by atoms with Crippen molar-refractivity contribution in [2.75, 3.05) is 54.4 Å². The molecule has 11 nitrogen and oxygen atoms in total. The van der Waals surface area contributed by atoms with Crippen molar-refractivity contribution in [3.05, 3.63) is 77.1 Å². The number of nitrogens with one attached hydrogen (secondary N) is 2. The smallest absolute Gasteiger partial charge is 0.265 e. The van der Waals surface area contributed by atoms with Gasteiger partial charge in [0.15, 0.2) is 0 Å². The lowest BCUT2D eigenvalue weighted by Gasteiger charge is -2.36. The molecule has 6 rings (SSSR count). The van der Waals surface area contributed by atoms with Crippen LogP contribution in [0.2, 0.25) is 0 Å². The van der Waals surface area contributed by atoms with Gasteiger partial charge in [0, 0.05) is 74.9 Å². The van der Waals surface area contributed by atoms with Crippen LogP contribution < -0.4 is 15.1 Å². The van der Waals surface area contributed by atoms with E-state index in [0.29, 0.717) is 37.1 Å². The Balaban J connectivity index is 1.20. The Morgan fingerprint density at radius 3 is 2.52 bits per heavy atom. The van der Waals surface area contributed by atoms with Crippen molar-refractivity contribution < 1.29 is 13.6 Å². The minimum absolute atomic E-state index is 0.221. The summed E-state index contributed by atoms with van der Waals surface area (Å²) in [4.78, 5) is 24.9. The molecule has 0 saturated carbocycles. The number of hydrogen-bond acceptors (Lipinski definition) is 8. The molecular formula is C31H38F2N10O. The van der Waals surface area contributed by atoms with E-state index in [1.807, 2.05) is 10.8 Å². The molecule has 0 unspecified atom stereocenters. The number of nitrogens with zero attached hydrogens (tertiary/aromatic N) is 8. The molecule has 1 amide bonds. The molecule has 0 aliphatic carbocycles. The number of likely N-dealkylation sites (tertiary alicyclic amines) is 1. The molecule has 232 valence electrons. The number of piperazine rings is 1. The van der Waals surface area contributed by atoms with Crippen LogP contribution in [-0.2, 0) is 11.3 Å². The molecule has 0 spiro atoms. The third kappa shape index (κ3) is 6.14. The van der Waals surface area contributed by atoms with Gasteiger partial charge in [-0.05, 0) is 61.7 Å². The van der Waals surface area contributed by atoms with Gasteiger partial charge in [0.25, 0.3) is 5.95 Å². The fourth-order valence-electron chi connectivity index (χ4n) is 6.22. The summed E-state index contributed by atoms with van der Waals surface area (Å²) in [6, 6.07) is 10.0. The Morgan fingerprint density at radius 2 is 1.82 bits per heavy atom. The molecule has 44 heavy (non-hydrogen) atoms. The molecule has 2 saturated heterocycles. The second-order valence-corrected chi connectivity index (χ2v) is 12.6. The van der Waals surface area contributed by atoms with Gasteiger partial charge in [0.1, 0.15) is 11.6 Å². The molecule has 2 N–H and O–H groups in total. The van der Waals surface area contributed by atoms with Crippen LogP contribution in [0.4, 0.5) is 26.4 Å². The van der Waals surface area contributed by atoms with E-state index in [2.05, 4.69) is 91.5 Å². The lowest BCUT2D eigenvalue weighted by atomic mass is 9.88. The van der Waals surface area contributed by atoms with E-state index < -0.39 is 23.5 Å². The lowest BCUT2D eigenvalue weighted by Crippen LogP contribution is -2.47. The molecule has 0 bridgehead atoms. The Kier molecular flexibility index (Phi) is 8.06. The molecule has 13 heteroatoms. The number of aryl methyl sites for hydroxylation is 1. The molecule has 4 heterocycles. The molecule has 2 aromatic heterocycles. The normalized spacial score (nSPS) is 19.5. The molecule has 2 aromatic carbocycles. The van der Waals surface area contributed by atoms with Crippen LogP contribution >= 0.6 is 0 Å². The predicted molar refractivity (Wildman–Crippen MR) is 164 cm³/mol. The van der Waals surface area contributed by atoms with E-state index in [1.54, 1.807) is 6.20 Å². The number of amides is 1. The van der Waals surface area contributed by atoms with Gasteiger partial charge < -0.3 is 14.4 Å². The standard InChI is InChI=1S/C31H38F2N10O/c1-20-5-6-21(27(15-20)40-11-13-41(14-12-40)30-36-38-39-37-30)17-42-10-9-34-29(42)35-28(44)25-19-43(31(2,3)4)18-24(25)23-8-7-22(32)16-26(23)33/h5-10,15-16,24-25H,11-14,17-19H2,1-4H3,(H,34,35,44)(H,36,37,38,39)/t24-,25+/m0/s1. The minimum Gasteiger partial charge on any atom is -0.368 e. The maximum Gasteiger partial charge on any atom is 0.265 e. The zero-order valence-electron chi connectivity index (χ0n) is 25.5. The van der Waals surface area contributed by atoms with E-state index in [1.165, 1.54) is 12.1 Å². The van der Waals surface area contributed by atoms with Gasteiger partial charge in [-0.3, -0.25) is 15.0 Å². The van der Waals surface area contributed by atoms with Crippen LogP contribution in [0.25, 0.3) is 0 Å². The van der Waals surface area contributed by atoms with E-state index in [4.69, 9.17) is 0 Å². The summed E-state index contributed by atoms with van der Waals surface area (Å²) in [6.45, 7) is 12.9. The third-order valence-corrected chi connectivity index (χ3v) is 8.74. The molecule has 2 aliphatic rings. The van der Waals surface area contributed by atoms with E-state index in [0.717, 1.165) is 49.1 Å². The van der Waals surface area contributed by atoms with E-state index >= 15 is 0 Å². The highest BCUT2D eigenvalue weighted by atomic mass is 19.1. The van der Waals surface area contributed by atoms with Crippen molar-refractivity contribution in [2.24, 2.45) is 5.92 Å². The second kappa shape index (κ2) is 11.9. The Hall–Kier alpha value is -4.39. The lowest BCUT2D eigenvalue weighted by molar-refractivity contribution is -0.120. The minimum atomic E-state index is -0.635. The summed E-state index contributed by atoms with van der Waals surface area (Å²) in [5.74, 6) is -1.43. The summed E-state index contributed by atoms with van der Waals surface area (Å²) in [5, 5.41) is 17.4. The highest BCUT2D eigenvalue weighted by Crippen LogP contribution is 2.38. The monoisotopic (exact) mass is 604 g/mol. The van der Waals surface area contributed by atoms with Gasteiger partial charge in [-0.25, -0.2) is 13.8 Å². The average molecular weight is 605 g/mol. The Bertz CT molecular complexity index is 1610. The number of H-pyrrole nitrogens is 1. The third-order valence-electron chi connectivity index (χ3n) is 8.74. The topological polar surface area (TPSA) is 111 Å². The van der Waals surface area contributed by atoms with Crippen LogP contribution in [0.5, 0.6) is 0 Å². The predicted octanol–water partition coefficient (Wildman–Crippen LogP) is 3.81. The molecule has 0 radical (unpaired) electrons. The molecular weight excluding hydrogens is 566 g/mol. The number of aromatic nitrogens is 6. The van der Waals surface area contributed by atoms with Crippen LogP contribution in [0.1, 0.15) is 43.4 Å². The molecule has 4 aromatic rings. The second-order valence-electron chi connectivity index (χ2n) is 12.6. The van der Waals surface area contributed by atoms with E-state index in [9.17, 15) is 13.6 Å². The highest BCUT2D eigenvalue weighted by Gasteiger charge is 2.43. The van der Waals surface area contributed by atoms with Gasteiger partial charge in [-0.2, -0.15) is 5.21 Å². The fraction of sp³-hybridized carbons (Fsp3) is 0.452. The summed E-state index contributed by atoms with van der Waals surface area (Å²) < 4.78 is 30.6. The first-order chi connectivity index (χ1) is 21.1. The first kappa shape index (κ1) is 29.7. The van der Waals surface area contributed by atoms with Gasteiger partial charge >= 0.3 is 0 Å². The summed E-state index contributed by atoms with van der Waals surface area (Å²) in [7, 11) is 0. The van der Waals surface area contributed by atoms with Crippen LogP contribution in [0, 0.1) is 24.5 Å². The van der Waals surface area contributed by atoms with Gasteiger partial charge in [0.2, 0.25) is 11.9 Å². The Labute approximate surface area is 255 Å². The molecule has 2 fully saturated rings. The van der Waals surface area contributed by atoms with Crippen molar-refractivity contribution in [1.82, 2.24) is 35.1 Å². The SMILES string of the molecule is Cc1ccc(Cn2ccnc2NC(=O)[C@@H]2CN(C(C)(C)C)C[C@H]2c2ccc(F)cc2F)c(N2CCN(c3nn[nH]n3)CC2)c1. The van der Waals surface area contributed by atoms with E-state index in [-0.39, 0.29) is 11.4 Å². The van der Waals surface area contributed by atoms with Gasteiger partial charge in [0.05, 0.1) is 12.5 Å². The molecule has 2 atom stereocenters. The van der Waals surface area contributed by atoms with Crippen molar-refractivity contribution in [3.63, 3.8) is 0 Å². The summed E-state index contributed by atoms with van der Waals surface area (Å²) >= 11 is 0. The zero-order chi connectivity index (χ0) is 31.0. The van der Waals surface area contributed by atoms with Crippen LogP contribution in [0.15, 0.2) is 48.8 Å². The maximum atomic E-state index is 14.9. The number of rotatable bonds is 7. The Morgan fingerprint density at radius 1 is 1.05 bits per heavy atom. The number of carbonyl (C=O) groups excluding carboxylic acids is 1. The van der Waals surface area contributed by atoms with Crippen LogP contribution in [-0.4, -0.2) is 85.8 Å². The number of tetrazole rings is 1. The maximum absolute atomic E-state index is 14.9. The summed E-state index contributed by atoms with van der Waals surface area (Å²) in [5.41, 5.74) is 3.52. The fourth-order valence-corrected chi connectivity index (χ4v) is 6.22. The van der Waals surface area contributed by atoms with Crippen LogP contribution in [0.3, 0.4) is 0 Å². The van der Waals surface area contributed by atoms with Crippen molar-refractivity contribution in [2.45, 2.75) is 45.7 Å². The van der Waals surface area contributed by atoms with Crippen molar-refractivity contribution in [1.29, 1.82) is 0 Å². The number of hydrogen-bond donors (Lipinski definition) is 2. The largest absolute Gasteiger partial charge is 0.368 e. The number of aromatic amines is 1. The number of imidazole rings is 1. The van der Waals surface area contributed by atoms with Crippen molar-refractivity contribution >= 4 is 23.5 Å². The quantitative estimate of drug-likeness (QED) is 0.328. The zero-order valence-corrected chi connectivity index (χ0v) is 25.5. The number of halogens is 2. The number of anilines is 3. The van der Waals surface area contributed by atoms with Gasteiger partial charge in [-0.1, -0.05) is 23.3 Å².